The third-order valence-corrected chi connectivity index (χ3v) is 6.00. The molecule has 8 nitrogen and oxygen atoms in total. The molecule has 8 heteroatoms. The molecule has 0 aliphatic heterocycles. The molecular weight excluding hydrogens is 364 g/mol. The summed E-state index contributed by atoms with van der Waals surface area (Å²) in [5.74, 6) is 1.41. The molecule has 0 saturated heterocycles. The first-order valence-corrected chi connectivity index (χ1v) is 10.4. The van der Waals surface area contributed by atoms with Gasteiger partial charge in [-0.2, -0.15) is 0 Å². The van der Waals surface area contributed by atoms with Gasteiger partial charge < -0.3 is 10.6 Å². The van der Waals surface area contributed by atoms with Crippen molar-refractivity contribution in [3.05, 3.63) is 42.7 Å². The second kappa shape index (κ2) is 7.44. The molecule has 0 aromatic carbocycles. The average Bonchev–Trinajstić information content (AvgIpc) is 3.37. The number of hydrogen-bond donors (Lipinski definition) is 2. The smallest absolute Gasteiger partial charge is 0.241 e. The van der Waals surface area contributed by atoms with Gasteiger partial charge in [0.1, 0.15) is 0 Å². The molecule has 0 atom stereocenters. The highest BCUT2D eigenvalue weighted by Gasteiger charge is 2.20. The Morgan fingerprint density at radius 2 is 1.83 bits per heavy atom. The lowest BCUT2D eigenvalue weighted by molar-refractivity contribution is 0.370. The van der Waals surface area contributed by atoms with Crippen molar-refractivity contribution in [3.8, 4) is 11.1 Å². The maximum Gasteiger partial charge on any atom is 0.241 e. The van der Waals surface area contributed by atoms with Crippen LogP contribution in [-0.2, 0) is 6.42 Å². The number of rotatable bonds is 5. The van der Waals surface area contributed by atoms with Crippen LogP contribution in [0, 0.1) is 0 Å². The number of aromatic nitrogens is 6. The summed E-state index contributed by atoms with van der Waals surface area (Å²) in [6.07, 6.45) is 15.3. The quantitative estimate of drug-likeness (QED) is 0.545. The SMILES string of the molecule is CCc1cnc2ncc(-c3ccn4nc(NC5CCC(NC)CC5)ncc34)cn12. The summed E-state index contributed by atoms with van der Waals surface area (Å²) < 4.78 is 3.94. The van der Waals surface area contributed by atoms with Crippen LogP contribution in [0.1, 0.15) is 38.3 Å². The van der Waals surface area contributed by atoms with E-state index in [1.54, 1.807) is 0 Å². The van der Waals surface area contributed by atoms with Crippen LogP contribution in [0.5, 0.6) is 0 Å². The van der Waals surface area contributed by atoms with E-state index in [2.05, 4.69) is 54.3 Å². The monoisotopic (exact) mass is 390 g/mol. The Bertz CT molecular complexity index is 1140. The molecule has 4 aromatic heterocycles. The maximum atomic E-state index is 4.68. The van der Waals surface area contributed by atoms with Crippen LogP contribution in [0.2, 0.25) is 0 Å². The number of aryl methyl sites for hydroxylation is 1. The van der Waals surface area contributed by atoms with Gasteiger partial charge in [0, 0.05) is 47.5 Å². The van der Waals surface area contributed by atoms with Crippen molar-refractivity contribution in [1.29, 1.82) is 0 Å². The molecule has 1 aliphatic carbocycles. The summed E-state index contributed by atoms with van der Waals surface area (Å²) in [6, 6.07) is 3.14. The van der Waals surface area contributed by atoms with Crippen molar-refractivity contribution in [2.45, 2.75) is 51.1 Å². The van der Waals surface area contributed by atoms with Crippen molar-refractivity contribution >= 4 is 17.2 Å². The topological polar surface area (TPSA) is 84.4 Å². The minimum absolute atomic E-state index is 0.437. The van der Waals surface area contributed by atoms with Gasteiger partial charge in [0.05, 0.1) is 17.9 Å². The van der Waals surface area contributed by atoms with Gasteiger partial charge in [-0.15, -0.1) is 5.10 Å². The molecule has 29 heavy (non-hydrogen) atoms. The minimum atomic E-state index is 0.437. The number of hydrogen-bond acceptors (Lipinski definition) is 6. The zero-order valence-corrected chi connectivity index (χ0v) is 16.8. The molecule has 4 heterocycles. The van der Waals surface area contributed by atoms with Gasteiger partial charge in [0.2, 0.25) is 11.7 Å². The van der Waals surface area contributed by atoms with Gasteiger partial charge in [0.15, 0.2) is 0 Å². The van der Waals surface area contributed by atoms with Crippen molar-refractivity contribution in [3.63, 3.8) is 0 Å². The van der Waals surface area contributed by atoms with Gasteiger partial charge in [-0.25, -0.2) is 19.5 Å². The van der Waals surface area contributed by atoms with Gasteiger partial charge in [0.25, 0.3) is 0 Å². The van der Waals surface area contributed by atoms with E-state index in [0.717, 1.165) is 47.4 Å². The van der Waals surface area contributed by atoms with Crippen LogP contribution in [0.25, 0.3) is 22.4 Å². The van der Waals surface area contributed by atoms with Crippen LogP contribution >= 0.6 is 0 Å². The molecule has 0 radical (unpaired) electrons. The number of nitrogens with one attached hydrogen (secondary N) is 2. The number of nitrogens with zero attached hydrogens (tertiary/aromatic N) is 6. The second-order valence-electron chi connectivity index (χ2n) is 7.74. The largest absolute Gasteiger partial charge is 0.350 e. The van der Waals surface area contributed by atoms with Crippen LogP contribution in [-0.4, -0.2) is 48.1 Å². The van der Waals surface area contributed by atoms with Crippen molar-refractivity contribution in [2.24, 2.45) is 0 Å². The number of anilines is 1. The Hall–Kier alpha value is -3.00. The fourth-order valence-electron chi connectivity index (χ4n) is 4.24. The average molecular weight is 390 g/mol. The summed E-state index contributed by atoms with van der Waals surface area (Å²) >= 11 is 0. The highest BCUT2D eigenvalue weighted by Crippen LogP contribution is 2.26. The molecule has 150 valence electrons. The van der Waals surface area contributed by atoms with Gasteiger partial charge in [-0.3, -0.25) is 4.40 Å². The van der Waals surface area contributed by atoms with Crippen LogP contribution < -0.4 is 10.6 Å². The second-order valence-corrected chi connectivity index (χ2v) is 7.74. The van der Waals surface area contributed by atoms with Crippen molar-refractivity contribution in [2.75, 3.05) is 12.4 Å². The Balaban J connectivity index is 1.41. The van der Waals surface area contributed by atoms with E-state index in [9.17, 15) is 0 Å². The molecular formula is C21H26N8. The van der Waals surface area contributed by atoms with E-state index < -0.39 is 0 Å². The van der Waals surface area contributed by atoms with Gasteiger partial charge in [-0.05, 0) is 45.2 Å². The minimum Gasteiger partial charge on any atom is -0.350 e. The van der Waals surface area contributed by atoms with Crippen LogP contribution in [0.4, 0.5) is 5.95 Å². The van der Waals surface area contributed by atoms with Crippen molar-refractivity contribution in [1.82, 2.24) is 34.3 Å². The molecule has 1 fully saturated rings. The Morgan fingerprint density at radius 3 is 2.62 bits per heavy atom. The first kappa shape index (κ1) is 18.1. The summed E-state index contributed by atoms with van der Waals surface area (Å²) in [5, 5.41) is 11.6. The number of imidazole rings is 1. The molecule has 1 aliphatic rings. The first-order chi connectivity index (χ1) is 14.2. The van der Waals surface area contributed by atoms with Crippen LogP contribution in [0.3, 0.4) is 0 Å². The zero-order chi connectivity index (χ0) is 19.8. The lowest BCUT2D eigenvalue weighted by atomic mass is 9.91. The summed E-state index contributed by atoms with van der Waals surface area (Å²) in [4.78, 5) is 13.5. The number of fused-ring (bicyclic) bond motifs is 2. The molecule has 5 rings (SSSR count). The van der Waals surface area contributed by atoms with Gasteiger partial charge >= 0.3 is 0 Å². The third-order valence-electron chi connectivity index (χ3n) is 6.00. The van der Waals surface area contributed by atoms with Crippen LogP contribution in [0.15, 0.2) is 37.1 Å². The molecule has 0 unspecified atom stereocenters. The standard InChI is InChI=1S/C21H26N8/c1-3-17-11-25-21-24-10-14(13-28(17)21)18-8-9-29-19(18)12-23-20(27-29)26-16-6-4-15(22-2)5-7-16/h8-13,15-16,22H,3-7H2,1-2H3,(H,26,27). The molecule has 2 N–H and O–H groups in total. The fraction of sp³-hybridized carbons (Fsp3) is 0.429. The molecule has 0 bridgehead atoms. The lowest BCUT2D eigenvalue weighted by Gasteiger charge is -2.28. The normalized spacial score (nSPS) is 19.8. The fourth-order valence-corrected chi connectivity index (χ4v) is 4.24. The predicted octanol–water partition coefficient (Wildman–Crippen LogP) is 2.94. The predicted molar refractivity (Wildman–Crippen MR) is 113 cm³/mol. The molecule has 4 aromatic rings. The van der Waals surface area contributed by atoms with E-state index in [1.807, 2.05) is 36.4 Å². The van der Waals surface area contributed by atoms with Gasteiger partial charge in [-0.1, -0.05) is 6.92 Å². The maximum absolute atomic E-state index is 4.68. The zero-order valence-electron chi connectivity index (χ0n) is 16.8. The highest BCUT2D eigenvalue weighted by atomic mass is 15.3. The van der Waals surface area contributed by atoms with E-state index >= 15 is 0 Å². The van der Waals surface area contributed by atoms with E-state index in [0.29, 0.717) is 18.0 Å². The molecule has 0 spiro atoms. The summed E-state index contributed by atoms with van der Waals surface area (Å²) in [6.45, 7) is 2.12. The first-order valence-electron chi connectivity index (χ1n) is 10.4. The Morgan fingerprint density at radius 1 is 1.03 bits per heavy atom. The van der Waals surface area contributed by atoms with E-state index in [-0.39, 0.29) is 0 Å². The molecule has 1 saturated carbocycles. The van der Waals surface area contributed by atoms with E-state index in [1.165, 1.54) is 12.8 Å². The third kappa shape index (κ3) is 3.33. The molecule has 0 amide bonds. The summed E-state index contributed by atoms with van der Waals surface area (Å²) in [5.41, 5.74) is 4.21. The highest BCUT2D eigenvalue weighted by molar-refractivity contribution is 5.79. The van der Waals surface area contributed by atoms with Crippen molar-refractivity contribution < 1.29 is 0 Å². The Kier molecular flexibility index (Phi) is 4.63. The summed E-state index contributed by atoms with van der Waals surface area (Å²) in [7, 11) is 2.04. The lowest BCUT2D eigenvalue weighted by Crippen LogP contribution is -2.35. The van der Waals surface area contributed by atoms with E-state index in [4.69, 9.17) is 0 Å². The Labute approximate surface area is 169 Å².